The average Bonchev–Trinajstić information content (AvgIpc) is 3.32. The van der Waals surface area contributed by atoms with E-state index in [-0.39, 0.29) is 12.5 Å². The van der Waals surface area contributed by atoms with E-state index in [0.29, 0.717) is 18.0 Å². The molecular weight excluding hydrogens is 338 g/mol. The number of benzene rings is 1. The minimum atomic E-state index is -0.639. The van der Waals surface area contributed by atoms with Crippen molar-refractivity contribution in [1.82, 2.24) is 15.1 Å². The van der Waals surface area contributed by atoms with E-state index in [0.717, 1.165) is 16.3 Å². The molecule has 1 aliphatic heterocycles. The summed E-state index contributed by atoms with van der Waals surface area (Å²) in [4.78, 5) is 15.3. The maximum absolute atomic E-state index is 12.6. The molecule has 0 saturated heterocycles. The van der Waals surface area contributed by atoms with Crippen LogP contribution in [0.25, 0.3) is 10.6 Å². The standard InChI is InChI=1S/C18H17N3O3S/c1-21(10-12-9-13(20-19-12)17-7-4-8-25-17)18(22)16-11-23-14-5-2-3-6-15(14)24-16/h2-9,16H,10-11H2,1H3,(H,19,20). The van der Waals surface area contributed by atoms with Gasteiger partial charge in [-0.05, 0) is 29.6 Å². The van der Waals surface area contributed by atoms with Crippen molar-refractivity contribution >= 4 is 17.2 Å². The molecule has 128 valence electrons. The number of ether oxygens (including phenoxy) is 2. The molecule has 1 aromatic carbocycles. The highest BCUT2D eigenvalue weighted by molar-refractivity contribution is 7.13. The van der Waals surface area contributed by atoms with E-state index in [9.17, 15) is 4.79 Å². The number of para-hydroxylation sites is 2. The number of likely N-dealkylation sites (N-methyl/N-ethyl adjacent to an activating group) is 1. The van der Waals surface area contributed by atoms with Gasteiger partial charge in [0.25, 0.3) is 5.91 Å². The number of hydrogen-bond donors (Lipinski definition) is 1. The van der Waals surface area contributed by atoms with Crippen LogP contribution in [0, 0.1) is 0 Å². The zero-order chi connectivity index (χ0) is 17.2. The average molecular weight is 355 g/mol. The first kappa shape index (κ1) is 15.7. The summed E-state index contributed by atoms with van der Waals surface area (Å²) in [5.74, 6) is 1.15. The van der Waals surface area contributed by atoms with Crippen molar-refractivity contribution < 1.29 is 14.3 Å². The quantitative estimate of drug-likeness (QED) is 0.781. The van der Waals surface area contributed by atoms with Gasteiger partial charge in [-0.1, -0.05) is 18.2 Å². The number of carbonyl (C=O) groups excluding carboxylic acids is 1. The molecule has 3 aromatic rings. The summed E-state index contributed by atoms with van der Waals surface area (Å²) in [5.41, 5.74) is 1.76. The molecule has 1 aliphatic rings. The number of nitrogens with zero attached hydrogens (tertiary/aromatic N) is 2. The second kappa shape index (κ2) is 6.60. The highest BCUT2D eigenvalue weighted by Gasteiger charge is 2.29. The third-order valence-electron chi connectivity index (χ3n) is 3.97. The molecule has 3 heterocycles. The Morgan fingerprint density at radius 3 is 2.96 bits per heavy atom. The fourth-order valence-electron chi connectivity index (χ4n) is 2.71. The largest absolute Gasteiger partial charge is 0.485 e. The Hall–Kier alpha value is -2.80. The smallest absolute Gasteiger partial charge is 0.267 e. The van der Waals surface area contributed by atoms with Crippen molar-refractivity contribution in [2.45, 2.75) is 12.6 Å². The Labute approximate surface area is 149 Å². The van der Waals surface area contributed by atoms with Crippen LogP contribution in [0.2, 0.25) is 0 Å². The maximum Gasteiger partial charge on any atom is 0.267 e. The zero-order valence-corrected chi connectivity index (χ0v) is 14.5. The van der Waals surface area contributed by atoms with Crippen LogP contribution in [0.4, 0.5) is 0 Å². The highest BCUT2D eigenvalue weighted by atomic mass is 32.1. The van der Waals surface area contributed by atoms with E-state index in [1.807, 2.05) is 41.8 Å². The van der Waals surface area contributed by atoms with Gasteiger partial charge in [-0.15, -0.1) is 11.3 Å². The lowest BCUT2D eigenvalue weighted by Crippen LogP contribution is -2.44. The number of hydrogen-bond acceptors (Lipinski definition) is 5. The molecule has 0 radical (unpaired) electrons. The van der Waals surface area contributed by atoms with E-state index in [1.165, 1.54) is 0 Å². The summed E-state index contributed by atoms with van der Waals surface area (Å²) in [6, 6.07) is 13.3. The number of aromatic nitrogens is 2. The van der Waals surface area contributed by atoms with Gasteiger partial charge in [-0.2, -0.15) is 5.10 Å². The molecule has 7 heteroatoms. The third kappa shape index (κ3) is 3.23. The van der Waals surface area contributed by atoms with Crippen LogP contribution in [-0.4, -0.2) is 40.8 Å². The SMILES string of the molecule is CN(Cc1cc(-c2cccs2)n[nH]1)C(=O)C1COc2ccccc2O1. The Morgan fingerprint density at radius 1 is 1.32 bits per heavy atom. The van der Waals surface area contributed by atoms with Crippen LogP contribution in [0.15, 0.2) is 47.8 Å². The first-order valence-electron chi connectivity index (χ1n) is 7.92. The lowest BCUT2D eigenvalue weighted by Gasteiger charge is -2.28. The second-order valence-corrected chi connectivity index (χ2v) is 6.76. The summed E-state index contributed by atoms with van der Waals surface area (Å²) in [6.45, 7) is 0.641. The molecule has 1 unspecified atom stereocenters. The number of aromatic amines is 1. The summed E-state index contributed by atoms with van der Waals surface area (Å²) in [5, 5.41) is 9.31. The van der Waals surface area contributed by atoms with Crippen LogP contribution >= 0.6 is 11.3 Å². The number of amides is 1. The predicted octanol–water partition coefficient (Wildman–Crippen LogP) is 2.94. The van der Waals surface area contributed by atoms with Gasteiger partial charge >= 0.3 is 0 Å². The van der Waals surface area contributed by atoms with Gasteiger partial charge in [-0.3, -0.25) is 9.89 Å². The minimum Gasteiger partial charge on any atom is -0.485 e. The van der Waals surface area contributed by atoms with Gasteiger partial charge in [0.1, 0.15) is 12.3 Å². The highest BCUT2D eigenvalue weighted by Crippen LogP contribution is 2.31. The molecule has 0 spiro atoms. The number of thiophene rings is 1. The predicted molar refractivity (Wildman–Crippen MR) is 94.7 cm³/mol. The van der Waals surface area contributed by atoms with Crippen LogP contribution in [-0.2, 0) is 11.3 Å². The summed E-state index contributed by atoms with van der Waals surface area (Å²) < 4.78 is 11.4. The number of nitrogens with one attached hydrogen (secondary N) is 1. The lowest BCUT2D eigenvalue weighted by atomic mass is 10.2. The fourth-order valence-corrected chi connectivity index (χ4v) is 3.40. The zero-order valence-electron chi connectivity index (χ0n) is 13.6. The molecule has 4 rings (SSSR count). The van der Waals surface area contributed by atoms with Crippen LogP contribution in [0.3, 0.4) is 0 Å². The van der Waals surface area contributed by atoms with Crippen LogP contribution in [0.5, 0.6) is 11.5 Å². The topological polar surface area (TPSA) is 67.5 Å². The van der Waals surface area contributed by atoms with Gasteiger partial charge in [-0.25, -0.2) is 0 Å². The van der Waals surface area contributed by atoms with Crippen molar-refractivity contribution in [2.24, 2.45) is 0 Å². The first-order chi connectivity index (χ1) is 12.2. The van der Waals surface area contributed by atoms with E-state index in [2.05, 4.69) is 10.2 Å². The first-order valence-corrected chi connectivity index (χ1v) is 8.80. The normalized spacial score (nSPS) is 15.8. The molecule has 0 aliphatic carbocycles. The van der Waals surface area contributed by atoms with E-state index >= 15 is 0 Å². The fraction of sp³-hybridized carbons (Fsp3) is 0.222. The molecule has 2 aromatic heterocycles. The Morgan fingerprint density at radius 2 is 2.16 bits per heavy atom. The monoisotopic (exact) mass is 355 g/mol. The lowest BCUT2D eigenvalue weighted by molar-refractivity contribution is -0.140. The Kier molecular flexibility index (Phi) is 4.15. The van der Waals surface area contributed by atoms with Gasteiger partial charge in [0, 0.05) is 7.05 Å². The number of H-pyrrole nitrogens is 1. The van der Waals surface area contributed by atoms with Gasteiger partial charge in [0.15, 0.2) is 11.5 Å². The molecule has 1 amide bonds. The Bertz CT molecular complexity index is 875. The van der Waals surface area contributed by atoms with Crippen molar-refractivity contribution in [3.8, 4) is 22.1 Å². The van der Waals surface area contributed by atoms with E-state index < -0.39 is 6.10 Å². The summed E-state index contributed by atoms with van der Waals surface area (Å²) in [7, 11) is 1.75. The minimum absolute atomic E-state index is 0.123. The number of fused-ring (bicyclic) bond motifs is 1. The van der Waals surface area contributed by atoms with Crippen LogP contribution < -0.4 is 9.47 Å². The second-order valence-electron chi connectivity index (χ2n) is 5.81. The van der Waals surface area contributed by atoms with Crippen molar-refractivity contribution in [3.63, 3.8) is 0 Å². The molecular formula is C18H17N3O3S. The maximum atomic E-state index is 12.6. The molecule has 25 heavy (non-hydrogen) atoms. The van der Waals surface area contributed by atoms with Gasteiger partial charge < -0.3 is 14.4 Å². The number of carbonyl (C=O) groups is 1. The Balaban J connectivity index is 1.41. The third-order valence-corrected chi connectivity index (χ3v) is 4.86. The summed E-state index contributed by atoms with van der Waals surface area (Å²) >= 11 is 1.63. The van der Waals surface area contributed by atoms with Crippen LogP contribution in [0.1, 0.15) is 5.69 Å². The van der Waals surface area contributed by atoms with Gasteiger partial charge in [0.05, 0.1) is 17.1 Å². The molecule has 0 fully saturated rings. The number of rotatable bonds is 4. The molecule has 1 atom stereocenters. The summed E-state index contributed by atoms with van der Waals surface area (Å²) in [6.07, 6.45) is -0.639. The van der Waals surface area contributed by atoms with E-state index in [1.54, 1.807) is 29.4 Å². The van der Waals surface area contributed by atoms with Crippen molar-refractivity contribution in [1.29, 1.82) is 0 Å². The van der Waals surface area contributed by atoms with E-state index in [4.69, 9.17) is 9.47 Å². The molecule has 1 N–H and O–H groups in total. The molecule has 0 saturated carbocycles. The van der Waals surface area contributed by atoms with Crippen molar-refractivity contribution in [2.75, 3.05) is 13.7 Å². The van der Waals surface area contributed by atoms with Crippen molar-refractivity contribution in [3.05, 3.63) is 53.5 Å². The molecule has 6 nitrogen and oxygen atoms in total. The van der Waals surface area contributed by atoms with Gasteiger partial charge in [0.2, 0.25) is 6.10 Å². The molecule has 0 bridgehead atoms.